The lowest BCUT2D eigenvalue weighted by Gasteiger charge is -2.14. The molecule has 3 rings (SSSR count). The number of amides is 1. The molecule has 0 fully saturated rings. The lowest BCUT2D eigenvalue weighted by Crippen LogP contribution is -2.27. The molecule has 7 nitrogen and oxygen atoms in total. The molecule has 3 aromatic rings. The van der Waals surface area contributed by atoms with Crippen LogP contribution < -0.4 is 0 Å². The normalized spacial score (nSPS) is 10.9. The van der Waals surface area contributed by atoms with Crippen LogP contribution in [0.1, 0.15) is 34.6 Å². The monoisotopic (exact) mass is 343 g/mol. The molecule has 130 valence electrons. The Kier molecular flexibility index (Phi) is 4.60. The second-order valence-electron chi connectivity index (χ2n) is 5.67. The summed E-state index contributed by atoms with van der Waals surface area (Å²) in [5.74, 6) is -0.0216. The number of aromatic nitrogens is 4. The number of carbonyl (C=O) groups is 1. The van der Waals surface area contributed by atoms with E-state index >= 15 is 0 Å². The van der Waals surface area contributed by atoms with Gasteiger partial charge in [-0.3, -0.25) is 4.79 Å². The Bertz CT molecular complexity index is 885. The molecule has 0 aliphatic rings. The molecule has 0 atom stereocenters. The molecule has 0 radical (unpaired) electrons. The lowest BCUT2D eigenvalue weighted by molar-refractivity contribution is 0.0772. The molecule has 0 saturated heterocycles. The molecule has 1 amide bonds. The van der Waals surface area contributed by atoms with Gasteiger partial charge in [0, 0.05) is 12.6 Å². The van der Waals surface area contributed by atoms with E-state index in [1.807, 2.05) is 6.92 Å². The van der Waals surface area contributed by atoms with Crippen LogP contribution in [0.2, 0.25) is 0 Å². The van der Waals surface area contributed by atoms with Crippen LogP contribution in [0.4, 0.5) is 4.39 Å². The Labute approximate surface area is 144 Å². The first-order chi connectivity index (χ1) is 12.0. The minimum atomic E-state index is -0.335. The molecule has 0 spiro atoms. The maximum absolute atomic E-state index is 13.1. The Morgan fingerprint density at radius 2 is 2.04 bits per heavy atom. The number of benzene rings is 1. The third-order valence-corrected chi connectivity index (χ3v) is 3.85. The highest BCUT2D eigenvalue weighted by Gasteiger charge is 2.20. The van der Waals surface area contributed by atoms with Gasteiger partial charge < -0.3 is 9.42 Å². The van der Waals surface area contributed by atoms with Crippen molar-refractivity contribution in [2.75, 3.05) is 7.05 Å². The number of hydrogen-bond acceptors (Lipinski definition) is 5. The highest BCUT2D eigenvalue weighted by molar-refractivity contribution is 5.90. The van der Waals surface area contributed by atoms with Gasteiger partial charge in [-0.25, -0.2) is 14.1 Å². The van der Waals surface area contributed by atoms with E-state index in [4.69, 9.17) is 4.52 Å². The van der Waals surface area contributed by atoms with Gasteiger partial charge in [0.15, 0.2) is 0 Å². The van der Waals surface area contributed by atoms with Gasteiger partial charge in [0.1, 0.15) is 17.9 Å². The predicted molar refractivity (Wildman–Crippen MR) is 87.7 cm³/mol. The molecule has 25 heavy (non-hydrogen) atoms. The maximum Gasteiger partial charge on any atom is 0.293 e. The second-order valence-corrected chi connectivity index (χ2v) is 5.67. The zero-order valence-electron chi connectivity index (χ0n) is 14.2. The highest BCUT2D eigenvalue weighted by Crippen LogP contribution is 2.14. The zero-order chi connectivity index (χ0) is 18.0. The fraction of sp³-hybridized carbons (Fsp3) is 0.294. The number of rotatable bonds is 5. The molecular weight excluding hydrogens is 325 g/mol. The average molecular weight is 343 g/mol. The van der Waals surface area contributed by atoms with E-state index in [0.29, 0.717) is 18.1 Å². The van der Waals surface area contributed by atoms with Crippen LogP contribution in [0.15, 0.2) is 35.1 Å². The molecule has 8 heteroatoms. The Hall–Kier alpha value is -3.03. The van der Waals surface area contributed by atoms with Gasteiger partial charge in [0.25, 0.3) is 5.91 Å². The summed E-state index contributed by atoms with van der Waals surface area (Å²) in [4.78, 5) is 18.3. The predicted octanol–water partition coefficient (Wildman–Crippen LogP) is 2.54. The van der Waals surface area contributed by atoms with Crippen molar-refractivity contribution in [1.82, 2.24) is 24.8 Å². The summed E-state index contributed by atoms with van der Waals surface area (Å²) < 4.78 is 19.5. The lowest BCUT2D eigenvalue weighted by atomic mass is 10.2. The molecular formula is C17H18FN5O2. The topological polar surface area (TPSA) is 77.0 Å². The molecule has 0 aliphatic heterocycles. The first-order valence-electron chi connectivity index (χ1n) is 7.86. The molecule has 1 aromatic carbocycles. The molecule has 0 bridgehead atoms. The van der Waals surface area contributed by atoms with Crippen molar-refractivity contribution in [3.8, 4) is 5.69 Å². The number of hydrogen-bond donors (Lipinski definition) is 0. The quantitative estimate of drug-likeness (QED) is 0.711. The van der Waals surface area contributed by atoms with Gasteiger partial charge in [-0.2, -0.15) is 0 Å². The molecule has 0 N–H and O–H groups in total. The highest BCUT2D eigenvalue weighted by atomic mass is 19.1. The first kappa shape index (κ1) is 16.8. The van der Waals surface area contributed by atoms with Gasteiger partial charge >= 0.3 is 0 Å². The third kappa shape index (κ3) is 3.42. The van der Waals surface area contributed by atoms with E-state index in [2.05, 4.69) is 15.2 Å². The van der Waals surface area contributed by atoms with Crippen LogP contribution in [0, 0.1) is 12.7 Å². The summed E-state index contributed by atoms with van der Waals surface area (Å²) in [5.41, 5.74) is 2.31. The van der Waals surface area contributed by atoms with Gasteiger partial charge in [-0.05, 0) is 37.6 Å². The summed E-state index contributed by atoms with van der Waals surface area (Å²) in [6, 6.07) is 5.84. The average Bonchev–Trinajstić information content (AvgIpc) is 3.21. The van der Waals surface area contributed by atoms with Crippen LogP contribution in [-0.4, -0.2) is 37.8 Å². The Morgan fingerprint density at radius 3 is 2.72 bits per heavy atom. The van der Waals surface area contributed by atoms with Crippen LogP contribution in [0.25, 0.3) is 5.69 Å². The summed E-state index contributed by atoms with van der Waals surface area (Å²) in [6.07, 6.45) is 2.27. The third-order valence-electron chi connectivity index (χ3n) is 3.85. The number of halogens is 1. The van der Waals surface area contributed by atoms with E-state index in [9.17, 15) is 9.18 Å². The number of carbonyl (C=O) groups excluding carboxylic acids is 1. The molecule has 2 aromatic heterocycles. The minimum absolute atomic E-state index is 0.0822. The Balaban J connectivity index is 1.80. The summed E-state index contributed by atoms with van der Waals surface area (Å²) in [5, 5.41) is 8.16. The zero-order valence-corrected chi connectivity index (χ0v) is 14.2. The van der Waals surface area contributed by atoms with Crippen molar-refractivity contribution in [3.63, 3.8) is 0 Å². The second kappa shape index (κ2) is 6.84. The van der Waals surface area contributed by atoms with Gasteiger partial charge in [-0.1, -0.05) is 12.1 Å². The number of nitrogens with zero attached hydrogens (tertiary/aromatic N) is 5. The van der Waals surface area contributed by atoms with E-state index in [1.54, 1.807) is 32.4 Å². The number of aryl methyl sites for hydroxylation is 2. The van der Waals surface area contributed by atoms with Crippen LogP contribution >= 0.6 is 0 Å². The molecule has 0 saturated carbocycles. The van der Waals surface area contributed by atoms with Gasteiger partial charge in [0.2, 0.25) is 5.82 Å². The largest absolute Gasteiger partial charge is 0.364 e. The maximum atomic E-state index is 13.1. The smallest absolute Gasteiger partial charge is 0.293 e. The van der Waals surface area contributed by atoms with Gasteiger partial charge in [-0.15, -0.1) is 5.10 Å². The van der Waals surface area contributed by atoms with Crippen molar-refractivity contribution < 1.29 is 13.7 Å². The van der Waals surface area contributed by atoms with Crippen molar-refractivity contribution in [1.29, 1.82) is 0 Å². The van der Waals surface area contributed by atoms with E-state index in [0.717, 1.165) is 17.7 Å². The molecule has 0 aliphatic carbocycles. The van der Waals surface area contributed by atoms with Gasteiger partial charge in [0.05, 0.1) is 17.9 Å². The Morgan fingerprint density at radius 1 is 1.32 bits per heavy atom. The van der Waals surface area contributed by atoms with Crippen LogP contribution in [-0.2, 0) is 13.0 Å². The molecule has 2 heterocycles. The molecule has 0 unspecified atom stereocenters. The fourth-order valence-corrected chi connectivity index (χ4v) is 2.51. The fourth-order valence-electron chi connectivity index (χ4n) is 2.51. The van der Waals surface area contributed by atoms with Crippen molar-refractivity contribution in [2.45, 2.75) is 26.8 Å². The van der Waals surface area contributed by atoms with Crippen molar-refractivity contribution in [2.24, 2.45) is 0 Å². The standard InChI is InChI=1S/C17H18FN5O2/c1-4-15-12(10-25-21-15)9-22(3)17(24)16-19-11(2)23(20-16)14-7-5-13(18)6-8-14/h5-8,10H,4,9H2,1-3H3. The van der Waals surface area contributed by atoms with E-state index in [-0.39, 0.29) is 17.5 Å². The van der Waals surface area contributed by atoms with Crippen molar-refractivity contribution >= 4 is 5.91 Å². The first-order valence-corrected chi connectivity index (χ1v) is 7.86. The summed E-state index contributed by atoms with van der Waals surface area (Å²) in [7, 11) is 1.67. The summed E-state index contributed by atoms with van der Waals surface area (Å²) >= 11 is 0. The van der Waals surface area contributed by atoms with Crippen LogP contribution in [0.3, 0.4) is 0 Å². The van der Waals surface area contributed by atoms with Crippen molar-refractivity contribution in [3.05, 3.63) is 59.3 Å². The van der Waals surface area contributed by atoms with E-state index < -0.39 is 0 Å². The van der Waals surface area contributed by atoms with Crippen LogP contribution in [0.5, 0.6) is 0 Å². The summed E-state index contributed by atoms with van der Waals surface area (Å²) in [6.45, 7) is 4.07. The van der Waals surface area contributed by atoms with E-state index in [1.165, 1.54) is 21.7 Å². The SMILES string of the molecule is CCc1nocc1CN(C)C(=O)c1nc(C)n(-c2ccc(F)cc2)n1. The minimum Gasteiger partial charge on any atom is -0.364 e.